The summed E-state index contributed by atoms with van der Waals surface area (Å²) in [5.41, 5.74) is 0. The molecule has 2 radical (unpaired) electrons. The van der Waals surface area contributed by atoms with Gasteiger partial charge in [-0.2, -0.15) is 0 Å². The van der Waals surface area contributed by atoms with Crippen LogP contribution in [0.4, 0.5) is 0 Å². The molecular formula is C12H24BNO2. The van der Waals surface area contributed by atoms with E-state index in [1.807, 2.05) is 6.92 Å². The number of hydrogen-bond acceptors (Lipinski definition) is 2. The van der Waals surface area contributed by atoms with Gasteiger partial charge in [-0.15, -0.1) is 0 Å². The van der Waals surface area contributed by atoms with Gasteiger partial charge in [0.1, 0.15) is 0 Å². The average molecular weight is 225 g/mol. The van der Waals surface area contributed by atoms with Gasteiger partial charge in [-0.3, -0.25) is 4.79 Å². The number of hydrogen-bond donors (Lipinski definition) is 1. The number of rotatable bonds is 9. The summed E-state index contributed by atoms with van der Waals surface area (Å²) in [7, 11) is 5.96. The molecule has 1 atom stereocenters. The van der Waals surface area contributed by atoms with E-state index in [-0.39, 0.29) is 0 Å². The molecule has 1 N–H and O–H groups in total. The standard InChI is InChI=1S/C12H24BNO2/c1-4-7-8-12(13,11(15)16)9-10-14(5-2)6-3/h4-10H2,1-3H3,(H,15,16). The van der Waals surface area contributed by atoms with Crippen LogP contribution in [0, 0.1) is 0 Å². The van der Waals surface area contributed by atoms with Crippen LogP contribution in [0.3, 0.4) is 0 Å². The first-order valence-corrected chi connectivity index (χ1v) is 6.24. The quantitative estimate of drug-likeness (QED) is 0.612. The van der Waals surface area contributed by atoms with Crippen LogP contribution in [0.2, 0.25) is 5.31 Å². The first-order chi connectivity index (χ1) is 7.50. The van der Waals surface area contributed by atoms with E-state index in [2.05, 4.69) is 18.7 Å². The maximum Gasteiger partial charge on any atom is 0.300 e. The van der Waals surface area contributed by atoms with Crippen LogP contribution in [-0.2, 0) is 4.79 Å². The molecule has 0 aliphatic heterocycles. The molecule has 0 fully saturated rings. The number of unbranched alkanes of at least 4 members (excludes halogenated alkanes) is 1. The fourth-order valence-corrected chi connectivity index (χ4v) is 1.73. The Morgan fingerprint density at radius 1 is 1.25 bits per heavy atom. The van der Waals surface area contributed by atoms with Gasteiger partial charge in [-0.25, -0.2) is 0 Å². The highest BCUT2D eigenvalue weighted by Gasteiger charge is 2.31. The molecule has 16 heavy (non-hydrogen) atoms. The van der Waals surface area contributed by atoms with Crippen molar-refractivity contribution < 1.29 is 9.90 Å². The van der Waals surface area contributed by atoms with Crippen LogP contribution in [0.15, 0.2) is 0 Å². The van der Waals surface area contributed by atoms with Gasteiger partial charge in [0.2, 0.25) is 0 Å². The fraction of sp³-hybridized carbons (Fsp3) is 0.917. The van der Waals surface area contributed by atoms with Gasteiger partial charge in [0.05, 0.1) is 7.85 Å². The van der Waals surface area contributed by atoms with Crippen LogP contribution in [0.25, 0.3) is 0 Å². The van der Waals surface area contributed by atoms with E-state index in [0.717, 1.165) is 32.5 Å². The minimum absolute atomic E-state index is 0.532. The van der Waals surface area contributed by atoms with Gasteiger partial charge in [0.15, 0.2) is 0 Å². The van der Waals surface area contributed by atoms with Crippen molar-refractivity contribution in [2.24, 2.45) is 0 Å². The number of carboxylic acids is 1. The Balaban J connectivity index is 4.26. The summed E-state index contributed by atoms with van der Waals surface area (Å²) >= 11 is 0. The summed E-state index contributed by atoms with van der Waals surface area (Å²) in [6.07, 6.45) is 2.96. The molecule has 0 rings (SSSR count). The molecule has 0 aliphatic rings. The molecule has 0 spiro atoms. The largest absolute Gasteiger partial charge is 0.481 e. The molecule has 0 aromatic rings. The van der Waals surface area contributed by atoms with Gasteiger partial charge in [-0.05, 0) is 32.5 Å². The molecule has 4 heteroatoms. The zero-order valence-electron chi connectivity index (χ0n) is 10.8. The molecule has 0 bridgehead atoms. The third-order valence-corrected chi connectivity index (χ3v) is 3.17. The van der Waals surface area contributed by atoms with Crippen LogP contribution >= 0.6 is 0 Å². The summed E-state index contributed by atoms with van der Waals surface area (Å²) in [5, 5.41) is 8.13. The lowest BCUT2D eigenvalue weighted by atomic mass is 9.63. The van der Waals surface area contributed by atoms with Gasteiger partial charge >= 0.3 is 5.97 Å². The van der Waals surface area contributed by atoms with Crippen LogP contribution in [-0.4, -0.2) is 43.5 Å². The Hall–Kier alpha value is -0.505. The average Bonchev–Trinajstić information content (AvgIpc) is 2.27. The molecule has 3 nitrogen and oxygen atoms in total. The Morgan fingerprint density at radius 2 is 1.81 bits per heavy atom. The van der Waals surface area contributed by atoms with E-state index in [9.17, 15) is 9.90 Å². The monoisotopic (exact) mass is 225 g/mol. The van der Waals surface area contributed by atoms with Crippen molar-refractivity contribution in [2.75, 3.05) is 19.6 Å². The summed E-state index contributed by atoms with van der Waals surface area (Å²) < 4.78 is 0. The summed E-state index contributed by atoms with van der Waals surface area (Å²) in [4.78, 5) is 13.4. The molecule has 0 saturated carbocycles. The zero-order chi connectivity index (χ0) is 12.6. The second kappa shape index (κ2) is 7.72. The molecule has 0 aliphatic carbocycles. The lowest BCUT2D eigenvalue weighted by Gasteiger charge is -2.28. The molecule has 92 valence electrons. The number of carbonyl (C=O) groups is 1. The highest BCUT2D eigenvalue weighted by Crippen LogP contribution is 2.33. The third kappa shape index (κ3) is 5.02. The second-order valence-electron chi connectivity index (χ2n) is 4.34. The minimum atomic E-state index is -1.04. The normalized spacial score (nSPS) is 15.0. The van der Waals surface area contributed by atoms with Crippen molar-refractivity contribution in [1.82, 2.24) is 4.90 Å². The van der Waals surface area contributed by atoms with Crippen molar-refractivity contribution in [1.29, 1.82) is 0 Å². The summed E-state index contributed by atoms with van der Waals surface area (Å²) in [6.45, 7) is 8.86. The van der Waals surface area contributed by atoms with E-state index in [4.69, 9.17) is 7.85 Å². The van der Waals surface area contributed by atoms with Crippen LogP contribution in [0.1, 0.15) is 46.5 Å². The SMILES string of the molecule is [B]C(CCCC)(CCN(CC)CC)C(=O)O. The number of nitrogens with zero attached hydrogens (tertiary/aromatic N) is 1. The maximum absolute atomic E-state index is 11.2. The molecule has 0 aromatic carbocycles. The molecular weight excluding hydrogens is 201 g/mol. The highest BCUT2D eigenvalue weighted by molar-refractivity contribution is 6.26. The zero-order valence-corrected chi connectivity index (χ0v) is 10.8. The smallest absolute Gasteiger partial charge is 0.300 e. The summed E-state index contributed by atoms with van der Waals surface area (Å²) in [6, 6.07) is 0. The number of carboxylic acid groups (broad SMARTS) is 1. The first-order valence-electron chi connectivity index (χ1n) is 6.24. The molecule has 0 amide bonds. The van der Waals surface area contributed by atoms with E-state index in [0.29, 0.717) is 12.8 Å². The fourth-order valence-electron chi connectivity index (χ4n) is 1.73. The van der Waals surface area contributed by atoms with Crippen molar-refractivity contribution in [3.05, 3.63) is 0 Å². The van der Waals surface area contributed by atoms with Gasteiger partial charge in [0, 0.05) is 5.31 Å². The minimum Gasteiger partial charge on any atom is -0.481 e. The van der Waals surface area contributed by atoms with Crippen LogP contribution in [0.5, 0.6) is 0 Å². The lowest BCUT2D eigenvalue weighted by molar-refractivity contribution is -0.141. The second-order valence-corrected chi connectivity index (χ2v) is 4.34. The van der Waals surface area contributed by atoms with E-state index in [1.54, 1.807) is 0 Å². The Morgan fingerprint density at radius 3 is 2.19 bits per heavy atom. The Labute approximate surface area is 101 Å². The van der Waals surface area contributed by atoms with Crippen molar-refractivity contribution in [3.63, 3.8) is 0 Å². The van der Waals surface area contributed by atoms with Gasteiger partial charge in [0.25, 0.3) is 0 Å². The van der Waals surface area contributed by atoms with Gasteiger partial charge < -0.3 is 10.0 Å². The third-order valence-electron chi connectivity index (χ3n) is 3.17. The predicted octanol–water partition coefficient (Wildman–Crippen LogP) is 2.32. The van der Waals surface area contributed by atoms with Crippen molar-refractivity contribution in [2.45, 2.75) is 51.8 Å². The summed E-state index contributed by atoms with van der Waals surface area (Å²) in [5.74, 6) is -0.867. The van der Waals surface area contributed by atoms with E-state index in [1.165, 1.54) is 0 Å². The van der Waals surface area contributed by atoms with E-state index < -0.39 is 11.3 Å². The Bertz CT molecular complexity index is 207. The Kier molecular flexibility index (Phi) is 7.47. The topological polar surface area (TPSA) is 40.5 Å². The molecule has 0 heterocycles. The maximum atomic E-state index is 11.2. The lowest BCUT2D eigenvalue weighted by Crippen LogP contribution is -2.31. The molecule has 0 aromatic heterocycles. The van der Waals surface area contributed by atoms with Crippen molar-refractivity contribution in [3.8, 4) is 0 Å². The highest BCUT2D eigenvalue weighted by atomic mass is 16.4. The van der Waals surface area contributed by atoms with Crippen molar-refractivity contribution >= 4 is 13.8 Å². The number of aliphatic carboxylic acids is 1. The van der Waals surface area contributed by atoms with Gasteiger partial charge in [-0.1, -0.05) is 33.6 Å². The molecule has 1 unspecified atom stereocenters. The molecule has 0 saturated heterocycles. The first kappa shape index (κ1) is 15.5. The van der Waals surface area contributed by atoms with E-state index >= 15 is 0 Å². The predicted molar refractivity (Wildman–Crippen MR) is 68.0 cm³/mol. The van der Waals surface area contributed by atoms with Crippen LogP contribution < -0.4 is 0 Å².